The molecule has 0 aliphatic carbocycles. The molecule has 0 spiro atoms. The normalized spacial score (nSPS) is 30.9. The van der Waals surface area contributed by atoms with E-state index in [1.807, 2.05) is 0 Å². The van der Waals surface area contributed by atoms with E-state index in [1.165, 1.54) is 0 Å². The summed E-state index contributed by atoms with van der Waals surface area (Å²) >= 11 is 0. The Bertz CT molecular complexity index is 174. The van der Waals surface area contributed by atoms with Gasteiger partial charge in [-0.15, -0.1) is 0 Å². The number of rotatable bonds is 0. The van der Waals surface area contributed by atoms with Crippen molar-refractivity contribution in [3.05, 3.63) is 0 Å². The Labute approximate surface area is 81.6 Å². The van der Waals surface area contributed by atoms with Crippen LogP contribution in [0, 0.1) is 5.41 Å². The minimum Gasteiger partial charge on any atom is -0.380 e. The van der Waals surface area contributed by atoms with Crippen molar-refractivity contribution in [1.82, 2.24) is 0 Å². The van der Waals surface area contributed by atoms with Crippen LogP contribution < -0.4 is 0 Å². The zero-order valence-corrected chi connectivity index (χ0v) is 9.73. The van der Waals surface area contributed by atoms with Crippen molar-refractivity contribution in [2.45, 2.75) is 52.7 Å². The molecule has 0 aromatic rings. The molecule has 2 aliphatic rings. The van der Waals surface area contributed by atoms with E-state index >= 15 is 0 Å². The summed E-state index contributed by atoms with van der Waals surface area (Å²) in [7, 11) is 0. The molecule has 0 saturated carbocycles. The Balaban J connectivity index is 0.000000132. The van der Waals surface area contributed by atoms with E-state index in [-0.39, 0.29) is 11.2 Å². The lowest BCUT2D eigenvalue weighted by atomic mass is 9.92. The van der Waals surface area contributed by atoms with E-state index < -0.39 is 0 Å². The van der Waals surface area contributed by atoms with Gasteiger partial charge >= 0.3 is 0 Å². The maximum absolute atomic E-state index is 5.29. The molecular formula is C11H22O2. The number of ether oxygens (including phenoxy) is 2. The van der Waals surface area contributed by atoms with Crippen LogP contribution >= 0.6 is 0 Å². The van der Waals surface area contributed by atoms with Crippen molar-refractivity contribution in [2.24, 2.45) is 5.41 Å². The van der Waals surface area contributed by atoms with Crippen LogP contribution in [0.3, 0.4) is 0 Å². The Kier molecular flexibility index (Phi) is 2.50. The summed E-state index contributed by atoms with van der Waals surface area (Å²) < 4.78 is 10.2. The van der Waals surface area contributed by atoms with Crippen LogP contribution in [-0.4, -0.2) is 24.4 Å². The molecule has 0 aromatic heterocycles. The van der Waals surface area contributed by atoms with E-state index in [4.69, 9.17) is 9.47 Å². The summed E-state index contributed by atoms with van der Waals surface area (Å²) in [5.74, 6) is 0. The molecule has 13 heavy (non-hydrogen) atoms. The lowest BCUT2D eigenvalue weighted by Gasteiger charge is -2.33. The third-order valence-electron chi connectivity index (χ3n) is 2.90. The second-order valence-corrected chi connectivity index (χ2v) is 5.78. The maximum atomic E-state index is 5.29. The van der Waals surface area contributed by atoms with Crippen LogP contribution in [-0.2, 0) is 9.47 Å². The molecule has 0 aromatic carbocycles. The van der Waals surface area contributed by atoms with Gasteiger partial charge in [0.15, 0.2) is 0 Å². The van der Waals surface area contributed by atoms with Gasteiger partial charge in [0.2, 0.25) is 0 Å². The topological polar surface area (TPSA) is 21.8 Å². The second kappa shape index (κ2) is 2.96. The molecule has 2 saturated heterocycles. The van der Waals surface area contributed by atoms with Gasteiger partial charge in [0, 0.05) is 5.41 Å². The molecule has 78 valence electrons. The molecule has 0 radical (unpaired) electrons. The van der Waals surface area contributed by atoms with Crippen LogP contribution in [0.2, 0.25) is 0 Å². The molecule has 0 N–H and O–H groups in total. The van der Waals surface area contributed by atoms with Crippen molar-refractivity contribution in [3.8, 4) is 0 Å². The summed E-state index contributed by atoms with van der Waals surface area (Å²) in [5.41, 5.74) is 0.792. The Morgan fingerprint density at radius 1 is 0.769 bits per heavy atom. The largest absolute Gasteiger partial charge is 0.380 e. The Hall–Kier alpha value is -0.0800. The first-order valence-corrected chi connectivity index (χ1v) is 4.94. The van der Waals surface area contributed by atoms with Gasteiger partial charge in [-0.25, -0.2) is 0 Å². The van der Waals surface area contributed by atoms with Gasteiger partial charge in [0.1, 0.15) is 0 Å². The summed E-state index contributed by atoms with van der Waals surface area (Å²) in [4.78, 5) is 0. The van der Waals surface area contributed by atoms with Crippen molar-refractivity contribution in [1.29, 1.82) is 0 Å². The smallest absolute Gasteiger partial charge is 0.0918 e. The molecule has 0 unspecified atom stereocenters. The van der Waals surface area contributed by atoms with E-state index in [2.05, 4.69) is 41.5 Å². The fraction of sp³-hybridized carbons (Fsp3) is 1.00. The van der Waals surface area contributed by atoms with Crippen LogP contribution in [0.15, 0.2) is 0 Å². The first kappa shape index (κ1) is 11.0. The van der Waals surface area contributed by atoms with Crippen LogP contribution in [0.5, 0.6) is 0 Å². The van der Waals surface area contributed by atoms with Gasteiger partial charge in [0.05, 0.1) is 24.4 Å². The summed E-state index contributed by atoms with van der Waals surface area (Å²) in [6, 6.07) is 0. The van der Waals surface area contributed by atoms with Crippen molar-refractivity contribution in [3.63, 3.8) is 0 Å². The SMILES string of the molecule is CC1(C)COC1.CC1(C)OC1(C)C. The monoisotopic (exact) mass is 186 g/mol. The van der Waals surface area contributed by atoms with E-state index in [0.29, 0.717) is 5.41 Å². The molecule has 2 nitrogen and oxygen atoms in total. The average Bonchev–Trinajstić information content (AvgIpc) is 2.26. The predicted molar refractivity (Wildman–Crippen MR) is 53.8 cm³/mol. The first-order chi connectivity index (χ1) is 5.66. The van der Waals surface area contributed by atoms with Gasteiger partial charge in [0.25, 0.3) is 0 Å². The van der Waals surface area contributed by atoms with Crippen LogP contribution in [0.1, 0.15) is 41.5 Å². The Morgan fingerprint density at radius 3 is 1.00 bits per heavy atom. The molecule has 2 rings (SSSR count). The maximum Gasteiger partial charge on any atom is 0.0918 e. The van der Waals surface area contributed by atoms with Gasteiger partial charge < -0.3 is 9.47 Å². The Morgan fingerprint density at radius 2 is 1.00 bits per heavy atom. The molecule has 2 aliphatic heterocycles. The highest BCUT2D eigenvalue weighted by Crippen LogP contribution is 2.46. The zero-order chi connectivity index (χ0) is 10.3. The van der Waals surface area contributed by atoms with Crippen molar-refractivity contribution in [2.75, 3.05) is 13.2 Å². The zero-order valence-electron chi connectivity index (χ0n) is 9.73. The number of hydrogen-bond acceptors (Lipinski definition) is 2. The second-order valence-electron chi connectivity index (χ2n) is 5.78. The summed E-state index contributed by atoms with van der Waals surface area (Å²) in [6.45, 7) is 14.7. The molecular weight excluding hydrogens is 164 g/mol. The van der Waals surface area contributed by atoms with Gasteiger partial charge in [-0.2, -0.15) is 0 Å². The predicted octanol–water partition coefficient (Wildman–Crippen LogP) is 2.62. The average molecular weight is 186 g/mol. The highest BCUT2D eigenvalue weighted by Gasteiger charge is 2.55. The highest BCUT2D eigenvalue weighted by molar-refractivity contribution is 5.03. The van der Waals surface area contributed by atoms with Gasteiger partial charge in [-0.3, -0.25) is 0 Å². The van der Waals surface area contributed by atoms with Crippen molar-refractivity contribution < 1.29 is 9.47 Å². The third-order valence-corrected chi connectivity index (χ3v) is 2.90. The van der Waals surface area contributed by atoms with E-state index in [9.17, 15) is 0 Å². The minimum atomic E-state index is 0.146. The lowest BCUT2D eigenvalue weighted by molar-refractivity contribution is -0.0892. The molecule has 2 heteroatoms. The fourth-order valence-electron chi connectivity index (χ4n) is 1.12. The lowest BCUT2D eigenvalue weighted by Crippen LogP contribution is -2.36. The van der Waals surface area contributed by atoms with E-state index in [1.54, 1.807) is 0 Å². The molecule has 0 amide bonds. The van der Waals surface area contributed by atoms with Crippen LogP contribution in [0.4, 0.5) is 0 Å². The van der Waals surface area contributed by atoms with Crippen molar-refractivity contribution >= 4 is 0 Å². The number of hydrogen-bond donors (Lipinski definition) is 0. The fourth-order valence-corrected chi connectivity index (χ4v) is 1.12. The minimum absolute atomic E-state index is 0.146. The summed E-state index contributed by atoms with van der Waals surface area (Å²) in [6.07, 6.45) is 0. The standard InChI is InChI=1S/C6H12O.C5H10O/c1-5(2)6(3,4)7-5;1-5(2)3-6-4-5/h1-4H3;3-4H2,1-2H3. The van der Waals surface area contributed by atoms with Crippen LogP contribution in [0.25, 0.3) is 0 Å². The quantitative estimate of drug-likeness (QED) is 0.542. The molecule has 0 atom stereocenters. The van der Waals surface area contributed by atoms with Gasteiger partial charge in [-0.1, -0.05) is 13.8 Å². The molecule has 0 bridgehead atoms. The third kappa shape index (κ3) is 2.68. The summed E-state index contributed by atoms with van der Waals surface area (Å²) in [5, 5.41) is 0. The first-order valence-electron chi connectivity index (χ1n) is 4.94. The molecule has 2 fully saturated rings. The highest BCUT2D eigenvalue weighted by atomic mass is 16.6. The van der Waals surface area contributed by atoms with Gasteiger partial charge in [-0.05, 0) is 27.7 Å². The number of epoxide rings is 1. The van der Waals surface area contributed by atoms with E-state index in [0.717, 1.165) is 13.2 Å². The molecule has 2 heterocycles.